The highest BCUT2D eigenvalue weighted by molar-refractivity contribution is 5.85. The van der Waals surface area contributed by atoms with E-state index in [0.717, 1.165) is 12.1 Å². The monoisotopic (exact) mass is 376 g/mol. The Morgan fingerprint density at radius 1 is 1.36 bits per heavy atom. The van der Waals surface area contributed by atoms with Gasteiger partial charge in [0.2, 0.25) is 0 Å². The van der Waals surface area contributed by atoms with Crippen molar-refractivity contribution < 1.29 is 29.7 Å². The fourth-order valence-electron chi connectivity index (χ4n) is 1.98. The Labute approximate surface area is 172 Å². The van der Waals surface area contributed by atoms with Gasteiger partial charge in [-0.25, -0.2) is 4.79 Å². The molecule has 1 fully saturated rings. The third kappa shape index (κ3) is 5.74. The molecule has 0 saturated heterocycles. The molecule has 1 unspecified atom stereocenters. The normalized spacial score (nSPS) is 34.6. The Bertz CT molecular complexity index is 981. The van der Waals surface area contributed by atoms with E-state index in [1.807, 2.05) is 6.92 Å². The second kappa shape index (κ2) is 11.1. The lowest BCUT2D eigenvalue weighted by Gasteiger charge is -2.36. The lowest BCUT2D eigenvalue weighted by Crippen LogP contribution is -2.45. The van der Waals surface area contributed by atoms with Crippen molar-refractivity contribution in [2.24, 2.45) is 5.89 Å². The van der Waals surface area contributed by atoms with E-state index in [0.29, 0.717) is 6.54 Å². The zero-order valence-electron chi connectivity index (χ0n) is 24.7. The van der Waals surface area contributed by atoms with Gasteiger partial charge in [0.1, 0.15) is 0 Å². The van der Waals surface area contributed by atoms with Crippen LogP contribution in [0.4, 0.5) is 0 Å². The van der Waals surface area contributed by atoms with Gasteiger partial charge in [-0.2, -0.15) is 0 Å². The van der Waals surface area contributed by atoms with Crippen LogP contribution in [0.15, 0.2) is 30.3 Å². The van der Waals surface area contributed by atoms with Crippen molar-refractivity contribution in [2.45, 2.75) is 44.4 Å². The second-order valence-corrected chi connectivity index (χ2v) is 4.79. The van der Waals surface area contributed by atoms with Crippen LogP contribution in [0.25, 0.3) is 0 Å². The summed E-state index contributed by atoms with van der Waals surface area (Å²) in [5.74, 6) is -0.690. The minimum Gasteiger partial charge on any atom is -0.450 e. The lowest BCUT2D eigenvalue weighted by atomic mass is 9.73. The van der Waals surface area contributed by atoms with Gasteiger partial charge < -0.3 is 15.2 Å². The SMILES string of the molecule is Cl.[2H]C1([2H])C([2H])([2H])C([2H])([2H])C([2H])(C(O)(C(=O)OCC#CCNCC)c2ccccc2)C([2H])([2H])C1([2H])[2H]. The van der Waals surface area contributed by atoms with Crippen LogP contribution in [0.2, 0.25) is 0 Å². The second-order valence-electron chi connectivity index (χ2n) is 4.79. The number of benzene rings is 1. The van der Waals surface area contributed by atoms with Crippen LogP contribution in [-0.4, -0.2) is 30.8 Å². The number of carbonyl (C=O) groups is 1. The highest BCUT2D eigenvalue weighted by Crippen LogP contribution is 2.40. The maximum Gasteiger partial charge on any atom is 0.344 e. The van der Waals surface area contributed by atoms with Crippen LogP contribution < -0.4 is 5.32 Å². The van der Waals surface area contributed by atoms with Gasteiger partial charge >= 0.3 is 5.97 Å². The number of carbonyl (C=O) groups excluding carboxylic acids is 1. The summed E-state index contributed by atoms with van der Waals surface area (Å²) in [5.41, 5.74) is -4.19. The van der Waals surface area contributed by atoms with E-state index in [2.05, 4.69) is 17.2 Å². The fraction of sp³-hybridized carbons (Fsp3) is 0.550. The molecule has 4 nitrogen and oxygen atoms in total. The topological polar surface area (TPSA) is 58.6 Å². The van der Waals surface area contributed by atoms with Gasteiger partial charge in [0.05, 0.1) is 6.54 Å². The van der Waals surface area contributed by atoms with Crippen molar-refractivity contribution in [1.29, 1.82) is 0 Å². The molecule has 138 valence electrons. The molecule has 0 bridgehead atoms. The molecule has 5 heteroatoms. The molecule has 1 atom stereocenters. The van der Waals surface area contributed by atoms with E-state index in [1.54, 1.807) is 0 Å². The van der Waals surface area contributed by atoms with Crippen molar-refractivity contribution in [1.82, 2.24) is 5.32 Å². The number of esters is 1. The molecule has 25 heavy (non-hydrogen) atoms. The van der Waals surface area contributed by atoms with Gasteiger partial charge in [0.15, 0.2) is 12.2 Å². The molecule has 0 amide bonds. The highest BCUT2D eigenvalue weighted by atomic mass is 35.5. The molecule has 1 aromatic carbocycles. The summed E-state index contributed by atoms with van der Waals surface area (Å²) in [6, 6.07) is 6.11. The molecule has 1 aromatic rings. The van der Waals surface area contributed by atoms with Crippen molar-refractivity contribution in [3.8, 4) is 11.8 Å². The number of rotatable bonds is 6. The van der Waals surface area contributed by atoms with Crippen molar-refractivity contribution >= 4 is 18.4 Å². The molecule has 0 aromatic heterocycles. The van der Waals surface area contributed by atoms with Gasteiger partial charge in [-0.3, -0.25) is 0 Å². The number of aliphatic hydroxyl groups is 1. The quantitative estimate of drug-likeness (QED) is 0.455. The third-order valence-electron chi connectivity index (χ3n) is 3.21. The standard InChI is InChI=1S/C20H27NO3.ClH/c1-2-21-15-9-10-16-24-19(22)20(23,17-11-5-3-6-12-17)18-13-7-4-8-14-18;/h3,5-6,11-12,18,21,23H,2,4,7-8,13-16H2,1H3;1H/i4D2,7D2,8D2,13D2,14D2,18D;. The zero-order chi connectivity index (χ0) is 27.1. The van der Waals surface area contributed by atoms with Gasteiger partial charge in [-0.05, 0) is 24.9 Å². The summed E-state index contributed by atoms with van der Waals surface area (Å²) >= 11 is 0. The number of ether oxygens (including phenoxy) is 1. The largest absolute Gasteiger partial charge is 0.450 e. The van der Waals surface area contributed by atoms with Crippen molar-refractivity contribution in [2.75, 3.05) is 19.7 Å². The third-order valence-corrected chi connectivity index (χ3v) is 3.21. The maximum atomic E-state index is 13.3. The van der Waals surface area contributed by atoms with E-state index in [1.165, 1.54) is 18.2 Å². The fourth-order valence-corrected chi connectivity index (χ4v) is 1.98. The summed E-state index contributed by atoms with van der Waals surface area (Å²) < 4.78 is 96.0. The molecule has 0 radical (unpaired) electrons. The van der Waals surface area contributed by atoms with Gasteiger partial charge in [0.25, 0.3) is 0 Å². The first-order valence-corrected chi connectivity index (χ1v) is 7.45. The number of hydrogen-bond donors (Lipinski definition) is 2. The number of nitrogens with one attached hydrogen (secondary N) is 1. The first-order chi connectivity index (χ1) is 15.8. The predicted octanol–water partition coefficient (Wildman–Crippen LogP) is 3.03. The molecule has 2 N–H and O–H groups in total. The average molecular weight is 377 g/mol. The van der Waals surface area contributed by atoms with Crippen LogP contribution in [0, 0.1) is 17.7 Å². The predicted molar refractivity (Wildman–Crippen MR) is 101 cm³/mol. The molecular weight excluding hydrogens is 338 g/mol. The molecule has 0 aliphatic heterocycles. The summed E-state index contributed by atoms with van der Waals surface area (Å²) in [6.07, 6.45) is -19.5. The summed E-state index contributed by atoms with van der Waals surface area (Å²) in [5, 5.41) is 14.6. The molecule has 1 saturated carbocycles. The smallest absolute Gasteiger partial charge is 0.344 e. The van der Waals surface area contributed by atoms with Crippen LogP contribution in [0.3, 0.4) is 0 Å². The molecule has 1 aliphatic rings. The Hall–Kier alpha value is -1.54. The van der Waals surface area contributed by atoms with Crippen LogP contribution in [0.5, 0.6) is 0 Å². The Morgan fingerprint density at radius 3 is 2.68 bits per heavy atom. The molecule has 0 heterocycles. The summed E-state index contributed by atoms with van der Waals surface area (Å²) in [6.45, 7) is 2.04. The van der Waals surface area contributed by atoms with Crippen molar-refractivity contribution in [3.63, 3.8) is 0 Å². The molecule has 1 aliphatic carbocycles. The molecule has 0 spiro atoms. The van der Waals surface area contributed by atoms with E-state index >= 15 is 0 Å². The van der Waals surface area contributed by atoms with E-state index in [9.17, 15) is 9.90 Å². The number of hydrogen-bond acceptors (Lipinski definition) is 4. The Morgan fingerprint density at radius 2 is 2.04 bits per heavy atom. The average Bonchev–Trinajstić information content (AvgIpc) is 2.79. The highest BCUT2D eigenvalue weighted by Gasteiger charge is 2.46. The zero-order valence-corrected chi connectivity index (χ0v) is 14.5. The van der Waals surface area contributed by atoms with Crippen molar-refractivity contribution in [3.05, 3.63) is 35.9 Å². The molecular formula is C20H28ClNO3. The van der Waals surface area contributed by atoms with Gasteiger partial charge in [-0.15, -0.1) is 12.4 Å². The van der Waals surface area contributed by atoms with Gasteiger partial charge in [0, 0.05) is 21.0 Å². The maximum absolute atomic E-state index is 13.3. The van der Waals surface area contributed by atoms with E-state index in [4.69, 9.17) is 19.8 Å². The van der Waals surface area contributed by atoms with Crippen LogP contribution in [0.1, 0.15) is 59.4 Å². The number of halogens is 1. The van der Waals surface area contributed by atoms with Gasteiger partial charge in [-0.1, -0.05) is 68.2 Å². The summed E-state index contributed by atoms with van der Waals surface area (Å²) in [7, 11) is 0. The Balaban J connectivity index is 0.00000648. The van der Waals surface area contributed by atoms with E-state index in [-0.39, 0.29) is 19.0 Å². The Kier molecular flexibility index (Phi) is 4.44. The van der Waals surface area contributed by atoms with E-state index < -0.39 is 61.5 Å². The van der Waals surface area contributed by atoms with Crippen LogP contribution in [-0.2, 0) is 15.1 Å². The minimum absolute atomic E-state index is 0. The molecule has 2 rings (SSSR count). The van der Waals surface area contributed by atoms with Crippen LogP contribution >= 0.6 is 12.4 Å². The lowest BCUT2D eigenvalue weighted by molar-refractivity contribution is -0.174. The minimum atomic E-state index is -3.98. The summed E-state index contributed by atoms with van der Waals surface area (Å²) in [4.78, 5) is 13.3. The first kappa shape index (κ1) is 9.97. The first-order valence-electron chi connectivity index (χ1n) is 13.0.